The molecule has 0 aliphatic heterocycles. The van der Waals surface area contributed by atoms with Crippen molar-refractivity contribution < 1.29 is 19.1 Å². The topological polar surface area (TPSA) is 64.6 Å². The van der Waals surface area contributed by atoms with Crippen LogP contribution in [0.5, 0.6) is 5.75 Å². The van der Waals surface area contributed by atoms with E-state index in [4.69, 9.17) is 16.3 Å². The van der Waals surface area contributed by atoms with Crippen LogP contribution in [-0.2, 0) is 9.53 Å². The van der Waals surface area contributed by atoms with E-state index in [1.165, 1.54) is 7.11 Å². The van der Waals surface area contributed by atoms with Gasteiger partial charge in [0.2, 0.25) is 0 Å². The van der Waals surface area contributed by atoms with Crippen molar-refractivity contribution in [2.75, 3.05) is 12.4 Å². The molecule has 24 heavy (non-hydrogen) atoms. The smallest absolute Gasteiger partial charge is 0.337 e. The lowest BCUT2D eigenvalue weighted by atomic mass is 10.2. The number of amides is 1. The summed E-state index contributed by atoms with van der Waals surface area (Å²) in [6.07, 6.45) is -0.195. The number of benzene rings is 2. The summed E-state index contributed by atoms with van der Waals surface area (Å²) in [6, 6.07) is 13.4. The van der Waals surface area contributed by atoms with Crippen LogP contribution in [0.15, 0.2) is 48.5 Å². The minimum atomic E-state index is -0.676. The zero-order valence-corrected chi connectivity index (χ0v) is 14.2. The fourth-order valence-electron chi connectivity index (χ4n) is 2.09. The summed E-state index contributed by atoms with van der Waals surface area (Å²) in [4.78, 5) is 23.9. The van der Waals surface area contributed by atoms with Crippen LogP contribution in [0.3, 0.4) is 0 Å². The van der Waals surface area contributed by atoms with Gasteiger partial charge in [0.25, 0.3) is 5.91 Å². The van der Waals surface area contributed by atoms with E-state index in [1.807, 2.05) is 6.92 Å². The Balaban J connectivity index is 2.08. The highest BCUT2D eigenvalue weighted by molar-refractivity contribution is 6.30. The van der Waals surface area contributed by atoms with E-state index in [-0.39, 0.29) is 5.91 Å². The number of hydrogen-bond donors (Lipinski definition) is 1. The first-order valence-corrected chi connectivity index (χ1v) is 7.82. The van der Waals surface area contributed by atoms with Gasteiger partial charge in [0.1, 0.15) is 5.75 Å². The number of hydrogen-bond acceptors (Lipinski definition) is 4. The fourth-order valence-corrected chi connectivity index (χ4v) is 2.27. The van der Waals surface area contributed by atoms with Crippen molar-refractivity contribution in [2.24, 2.45) is 0 Å². The molecular weight excluding hydrogens is 330 g/mol. The normalized spacial score (nSPS) is 11.5. The molecule has 0 spiro atoms. The quantitative estimate of drug-likeness (QED) is 0.804. The Bertz CT molecular complexity index is 732. The Labute approximate surface area is 145 Å². The van der Waals surface area contributed by atoms with E-state index in [2.05, 4.69) is 10.1 Å². The van der Waals surface area contributed by atoms with Gasteiger partial charge in [-0.25, -0.2) is 4.79 Å². The van der Waals surface area contributed by atoms with Gasteiger partial charge < -0.3 is 14.8 Å². The summed E-state index contributed by atoms with van der Waals surface area (Å²) in [7, 11) is 1.31. The molecule has 0 bridgehead atoms. The highest BCUT2D eigenvalue weighted by Crippen LogP contribution is 2.20. The van der Waals surface area contributed by atoms with Crippen LogP contribution >= 0.6 is 11.6 Å². The predicted molar refractivity (Wildman–Crippen MR) is 92.6 cm³/mol. The molecule has 2 aromatic rings. The number of carbonyl (C=O) groups excluding carboxylic acids is 2. The van der Waals surface area contributed by atoms with Crippen molar-refractivity contribution in [2.45, 2.75) is 19.4 Å². The van der Waals surface area contributed by atoms with Crippen molar-refractivity contribution in [1.29, 1.82) is 0 Å². The lowest BCUT2D eigenvalue weighted by Crippen LogP contribution is -2.32. The second kappa shape index (κ2) is 8.36. The van der Waals surface area contributed by atoms with E-state index >= 15 is 0 Å². The van der Waals surface area contributed by atoms with Gasteiger partial charge in [-0.05, 0) is 42.8 Å². The number of ether oxygens (including phenoxy) is 2. The number of methoxy groups -OCH3 is 1. The van der Waals surface area contributed by atoms with Crippen LogP contribution in [0, 0.1) is 0 Å². The third kappa shape index (κ3) is 4.73. The minimum Gasteiger partial charge on any atom is -0.481 e. The van der Waals surface area contributed by atoms with E-state index in [0.717, 1.165) is 0 Å². The number of carbonyl (C=O) groups is 2. The summed E-state index contributed by atoms with van der Waals surface area (Å²) >= 11 is 5.92. The largest absolute Gasteiger partial charge is 0.481 e. The highest BCUT2D eigenvalue weighted by Gasteiger charge is 2.19. The highest BCUT2D eigenvalue weighted by atomic mass is 35.5. The molecule has 0 radical (unpaired) electrons. The van der Waals surface area contributed by atoms with Crippen LogP contribution in [0.4, 0.5) is 5.69 Å². The average molecular weight is 348 g/mol. The Morgan fingerprint density at radius 2 is 1.92 bits per heavy atom. The number of esters is 1. The molecule has 5 nitrogen and oxygen atoms in total. The summed E-state index contributed by atoms with van der Waals surface area (Å²) in [5.41, 5.74) is 0.857. The molecular formula is C18H18ClNO4. The van der Waals surface area contributed by atoms with Crippen LogP contribution in [0.2, 0.25) is 5.02 Å². The van der Waals surface area contributed by atoms with Gasteiger partial charge in [-0.3, -0.25) is 4.79 Å². The molecule has 0 saturated carbocycles. The first kappa shape index (κ1) is 17.8. The lowest BCUT2D eigenvalue weighted by Gasteiger charge is -2.17. The maximum Gasteiger partial charge on any atom is 0.337 e. The third-order valence-electron chi connectivity index (χ3n) is 3.29. The molecule has 2 rings (SSSR count). The SMILES string of the molecule is CC[C@@H](Oc1cccc(Cl)c1)C(=O)Nc1cccc(C(=O)OC)c1. The van der Waals surface area contributed by atoms with Gasteiger partial charge in [-0.1, -0.05) is 30.7 Å². The molecule has 0 aromatic heterocycles. The molecule has 126 valence electrons. The van der Waals surface area contributed by atoms with Gasteiger partial charge >= 0.3 is 5.97 Å². The van der Waals surface area contributed by atoms with Crippen molar-refractivity contribution in [3.63, 3.8) is 0 Å². The van der Waals surface area contributed by atoms with Crippen LogP contribution in [0.25, 0.3) is 0 Å². The standard InChI is InChI=1S/C18H18ClNO4/c1-3-16(24-15-9-5-7-13(19)11-15)17(21)20-14-8-4-6-12(10-14)18(22)23-2/h4-11,16H,3H2,1-2H3,(H,20,21)/t16-/m1/s1. The van der Waals surface area contributed by atoms with Gasteiger partial charge in [0, 0.05) is 10.7 Å². The van der Waals surface area contributed by atoms with E-state index in [0.29, 0.717) is 28.4 Å². The third-order valence-corrected chi connectivity index (χ3v) is 3.52. The van der Waals surface area contributed by atoms with Crippen molar-refractivity contribution in [1.82, 2.24) is 0 Å². The Morgan fingerprint density at radius 1 is 1.17 bits per heavy atom. The van der Waals surface area contributed by atoms with Gasteiger partial charge in [0.05, 0.1) is 12.7 Å². The average Bonchev–Trinajstić information content (AvgIpc) is 2.59. The van der Waals surface area contributed by atoms with Crippen molar-refractivity contribution >= 4 is 29.2 Å². The summed E-state index contributed by atoms with van der Waals surface area (Å²) < 4.78 is 10.4. The lowest BCUT2D eigenvalue weighted by molar-refractivity contribution is -0.122. The maximum absolute atomic E-state index is 12.4. The Hall–Kier alpha value is -2.53. The Morgan fingerprint density at radius 3 is 2.58 bits per heavy atom. The monoisotopic (exact) mass is 347 g/mol. The molecule has 1 amide bonds. The fraction of sp³-hybridized carbons (Fsp3) is 0.222. The number of anilines is 1. The number of rotatable bonds is 6. The van der Waals surface area contributed by atoms with E-state index in [1.54, 1.807) is 48.5 Å². The van der Waals surface area contributed by atoms with E-state index < -0.39 is 12.1 Å². The predicted octanol–water partition coefficient (Wildman–Crippen LogP) is 3.92. The number of nitrogens with one attached hydrogen (secondary N) is 1. The molecule has 6 heteroatoms. The first-order valence-electron chi connectivity index (χ1n) is 7.45. The number of halogens is 1. The Kier molecular flexibility index (Phi) is 6.21. The molecule has 2 aromatic carbocycles. The molecule has 0 aliphatic rings. The minimum absolute atomic E-state index is 0.306. The zero-order chi connectivity index (χ0) is 17.5. The molecule has 0 unspecified atom stereocenters. The second-order valence-corrected chi connectivity index (χ2v) is 5.47. The van der Waals surface area contributed by atoms with Gasteiger partial charge in [-0.2, -0.15) is 0 Å². The summed E-state index contributed by atoms with van der Waals surface area (Å²) in [6.45, 7) is 1.85. The molecule has 0 fully saturated rings. The van der Waals surface area contributed by atoms with Gasteiger partial charge in [0.15, 0.2) is 6.10 Å². The molecule has 1 N–H and O–H groups in total. The van der Waals surface area contributed by atoms with Crippen molar-refractivity contribution in [3.8, 4) is 5.75 Å². The summed E-state index contributed by atoms with van der Waals surface area (Å²) in [5, 5.41) is 3.28. The van der Waals surface area contributed by atoms with Crippen LogP contribution < -0.4 is 10.1 Å². The van der Waals surface area contributed by atoms with Crippen LogP contribution in [-0.4, -0.2) is 25.1 Å². The first-order chi connectivity index (χ1) is 11.5. The molecule has 0 heterocycles. The van der Waals surface area contributed by atoms with Crippen LogP contribution in [0.1, 0.15) is 23.7 Å². The maximum atomic E-state index is 12.4. The molecule has 0 saturated heterocycles. The molecule has 1 atom stereocenters. The zero-order valence-electron chi connectivity index (χ0n) is 13.4. The second-order valence-electron chi connectivity index (χ2n) is 5.03. The van der Waals surface area contributed by atoms with Crippen molar-refractivity contribution in [3.05, 3.63) is 59.1 Å². The molecule has 0 aliphatic carbocycles. The summed E-state index contributed by atoms with van der Waals surface area (Å²) in [5.74, 6) is -0.249. The van der Waals surface area contributed by atoms with E-state index in [9.17, 15) is 9.59 Å². The van der Waals surface area contributed by atoms with Gasteiger partial charge in [-0.15, -0.1) is 0 Å².